The molecule has 2 amide bonds. The quantitative estimate of drug-likeness (QED) is 0.617. The number of hydrazone groups is 1. The van der Waals surface area contributed by atoms with Gasteiger partial charge in [-0.15, -0.1) is 0 Å². The molecule has 0 saturated carbocycles. The van der Waals surface area contributed by atoms with Crippen molar-refractivity contribution in [1.82, 2.24) is 5.43 Å². The summed E-state index contributed by atoms with van der Waals surface area (Å²) in [5.74, 6) is 0.915. The number of hydrogen-bond donors (Lipinski definition) is 2. The zero-order valence-corrected chi connectivity index (χ0v) is 10.2. The fourth-order valence-corrected chi connectivity index (χ4v) is 1.37. The Balaban J connectivity index is 2.77. The van der Waals surface area contributed by atoms with Gasteiger partial charge in [0.1, 0.15) is 5.75 Å². The van der Waals surface area contributed by atoms with E-state index in [0.29, 0.717) is 0 Å². The minimum Gasteiger partial charge on any atom is -0.497 e. The number of rotatable bonds is 4. The average Bonchev–Trinajstić information content (AvgIpc) is 2.35. The van der Waals surface area contributed by atoms with E-state index in [1.54, 1.807) is 7.11 Å². The molecule has 0 aliphatic carbocycles. The molecule has 5 nitrogen and oxygen atoms in total. The van der Waals surface area contributed by atoms with Crippen LogP contribution in [0.15, 0.2) is 29.4 Å². The number of ether oxygens (including phenoxy) is 1. The highest BCUT2D eigenvalue weighted by Gasteiger charge is 2.09. The Morgan fingerprint density at radius 1 is 1.41 bits per heavy atom. The molecule has 0 heterocycles. The zero-order chi connectivity index (χ0) is 12.8. The van der Waals surface area contributed by atoms with E-state index >= 15 is 0 Å². The van der Waals surface area contributed by atoms with E-state index in [-0.39, 0.29) is 5.92 Å². The first-order valence-electron chi connectivity index (χ1n) is 5.28. The Morgan fingerprint density at radius 2 is 2.00 bits per heavy atom. The van der Waals surface area contributed by atoms with Crippen molar-refractivity contribution in [3.8, 4) is 5.75 Å². The van der Waals surface area contributed by atoms with Crippen molar-refractivity contribution < 1.29 is 9.53 Å². The summed E-state index contributed by atoms with van der Waals surface area (Å²) < 4.78 is 5.08. The highest BCUT2D eigenvalue weighted by atomic mass is 16.5. The third kappa shape index (κ3) is 3.79. The van der Waals surface area contributed by atoms with E-state index in [2.05, 4.69) is 10.5 Å². The van der Waals surface area contributed by atoms with E-state index in [1.807, 2.05) is 38.1 Å². The van der Waals surface area contributed by atoms with Crippen molar-refractivity contribution in [3.63, 3.8) is 0 Å². The molecule has 0 aliphatic rings. The maximum Gasteiger partial charge on any atom is 0.332 e. The number of urea groups is 1. The zero-order valence-electron chi connectivity index (χ0n) is 10.2. The van der Waals surface area contributed by atoms with Gasteiger partial charge >= 0.3 is 6.03 Å². The van der Waals surface area contributed by atoms with Crippen molar-refractivity contribution in [2.24, 2.45) is 10.8 Å². The van der Waals surface area contributed by atoms with Gasteiger partial charge in [0.25, 0.3) is 0 Å². The number of carbonyl (C=O) groups is 1. The smallest absolute Gasteiger partial charge is 0.332 e. The molecule has 1 atom stereocenters. The number of hydrogen-bond acceptors (Lipinski definition) is 3. The van der Waals surface area contributed by atoms with Crippen LogP contribution in [0.1, 0.15) is 25.3 Å². The summed E-state index contributed by atoms with van der Waals surface area (Å²) in [4.78, 5) is 10.5. The van der Waals surface area contributed by atoms with E-state index in [0.717, 1.165) is 17.0 Å². The molecule has 0 aliphatic heterocycles. The normalized spacial score (nSPS) is 13.0. The molecule has 92 valence electrons. The molecule has 1 rings (SSSR count). The summed E-state index contributed by atoms with van der Waals surface area (Å²) in [6.07, 6.45) is 0. The Morgan fingerprint density at radius 3 is 2.47 bits per heavy atom. The van der Waals surface area contributed by atoms with Crippen LogP contribution in [0.2, 0.25) is 0 Å². The molecule has 3 N–H and O–H groups in total. The van der Waals surface area contributed by atoms with Gasteiger partial charge in [-0.05, 0) is 24.6 Å². The Labute approximate surface area is 101 Å². The summed E-state index contributed by atoms with van der Waals surface area (Å²) in [5, 5.41) is 3.90. The van der Waals surface area contributed by atoms with Crippen molar-refractivity contribution in [1.29, 1.82) is 0 Å². The molecule has 0 radical (unpaired) electrons. The molecule has 17 heavy (non-hydrogen) atoms. The van der Waals surface area contributed by atoms with Gasteiger partial charge in [-0.3, -0.25) is 0 Å². The van der Waals surface area contributed by atoms with Crippen LogP contribution < -0.4 is 15.9 Å². The predicted octanol–water partition coefficient (Wildman–Crippen LogP) is 1.84. The topological polar surface area (TPSA) is 76.7 Å². The summed E-state index contributed by atoms with van der Waals surface area (Å²) in [7, 11) is 1.63. The number of methoxy groups -OCH3 is 1. The van der Waals surface area contributed by atoms with Crippen molar-refractivity contribution in [2.75, 3.05) is 7.11 Å². The first-order chi connectivity index (χ1) is 8.04. The van der Waals surface area contributed by atoms with Crippen LogP contribution in [0.25, 0.3) is 0 Å². The number of carbonyl (C=O) groups excluding carboxylic acids is 1. The second-order valence-corrected chi connectivity index (χ2v) is 3.72. The molecule has 0 saturated heterocycles. The minimum atomic E-state index is -0.661. The highest BCUT2D eigenvalue weighted by molar-refractivity contribution is 5.89. The molecule has 1 unspecified atom stereocenters. The summed E-state index contributed by atoms with van der Waals surface area (Å²) in [5.41, 5.74) is 9.05. The van der Waals surface area contributed by atoms with Crippen molar-refractivity contribution in [2.45, 2.75) is 19.8 Å². The maximum atomic E-state index is 10.5. The maximum absolute atomic E-state index is 10.5. The van der Waals surface area contributed by atoms with Crippen LogP contribution in [0.5, 0.6) is 5.75 Å². The van der Waals surface area contributed by atoms with Gasteiger partial charge in [0.2, 0.25) is 0 Å². The second-order valence-electron chi connectivity index (χ2n) is 3.72. The lowest BCUT2D eigenvalue weighted by Crippen LogP contribution is -2.26. The number of nitrogens with two attached hydrogens (primary N) is 1. The SMILES string of the molecule is COc1ccc(C(C)/C(C)=N\NC(N)=O)cc1. The number of amides is 2. The number of primary amides is 1. The third-order valence-electron chi connectivity index (χ3n) is 2.58. The van der Waals surface area contributed by atoms with Crippen LogP contribution in [-0.4, -0.2) is 18.9 Å². The Kier molecular flexibility index (Phi) is 4.51. The molecular formula is C12H17N3O2. The molecular weight excluding hydrogens is 218 g/mol. The van der Waals surface area contributed by atoms with E-state index < -0.39 is 6.03 Å². The number of nitrogens with one attached hydrogen (secondary N) is 1. The molecule has 1 aromatic rings. The van der Waals surface area contributed by atoms with Crippen LogP contribution in [0.3, 0.4) is 0 Å². The van der Waals surface area contributed by atoms with Gasteiger partial charge in [-0.1, -0.05) is 19.1 Å². The first kappa shape index (κ1) is 13.0. The van der Waals surface area contributed by atoms with Gasteiger partial charge in [-0.2, -0.15) is 5.10 Å². The lowest BCUT2D eigenvalue weighted by molar-refractivity contribution is 0.249. The summed E-state index contributed by atoms with van der Waals surface area (Å²) in [6, 6.07) is 7.05. The van der Waals surface area contributed by atoms with Crippen LogP contribution in [-0.2, 0) is 0 Å². The summed E-state index contributed by atoms with van der Waals surface area (Å²) >= 11 is 0. The molecule has 0 bridgehead atoms. The van der Waals surface area contributed by atoms with Crippen molar-refractivity contribution >= 4 is 11.7 Å². The lowest BCUT2D eigenvalue weighted by atomic mass is 9.97. The fraction of sp³-hybridized carbons (Fsp3) is 0.333. The standard InChI is InChI=1S/C12H17N3O2/c1-8(9(2)14-15-12(13)16)10-4-6-11(17-3)7-5-10/h4-8H,1-3H3,(H3,13,15,16)/b14-9-. The van der Waals surface area contributed by atoms with E-state index in [1.165, 1.54) is 0 Å². The average molecular weight is 235 g/mol. The van der Waals surface area contributed by atoms with Gasteiger partial charge in [0.05, 0.1) is 7.11 Å². The first-order valence-corrected chi connectivity index (χ1v) is 5.28. The molecule has 0 aromatic heterocycles. The van der Waals surface area contributed by atoms with E-state index in [4.69, 9.17) is 10.5 Å². The van der Waals surface area contributed by atoms with Crippen LogP contribution >= 0.6 is 0 Å². The fourth-order valence-electron chi connectivity index (χ4n) is 1.37. The molecule has 5 heteroatoms. The van der Waals surface area contributed by atoms with Gasteiger partial charge < -0.3 is 10.5 Å². The largest absolute Gasteiger partial charge is 0.497 e. The second kappa shape index (κ2) is 5.89. The van der Waals surface area contributed by atoms with Gasteiger partial charge in [0, 0.05) is 11.6 Å². The van der Waals surface area contributed by atoms with Crippen LogP contribution in [0, 0.1) is 0 Å². The van der Waals surface area contributed by atoms with Crippen molar-refractivity contribution in [3.05, 3.63) is 29.8 Å². The monoisotopic (exact) mass is 235 g/mol. The molecule has 1 aromatic carbocycles. The predicted molar refractivity (Wildman–Crippen MR) is 67.2 cm³/mol. The minimum absolute atomic E-state index is 0.104. The van der Waals surface area contributed by atoms with Crippen LogP contribution in [0.4, 0.5) is 4.79 Å². The van der Waals surface area contributed by atoms with Gasteiger partial charge in [0.15, 0.2) is 0 Å². The molecule has 0 spiro atoms. The Bertz CT molecular complexity index is 412. The number of benzene rings is 1. The number of nitrogens with zero attached hydrogens (tertiary/aromatic N) is 1. The van der Waals surface area contributed by atoms with Gasteiger partial charge in [-0.25, -0.2) is 10.2 Å². The summed E-state index contributed by atoms with van der Waals surface area (Å²) in [6.45, 7) is 3.84. The molecule has 0 fully saturated rings. The Hall–Kier alpha value is -2.04. The lowest BCUT2D eigenvalue weighted by Gasteiger charge is -2.12. The van der Waals surface area contributed by atoms with E-state index in [9.17, 15) is 4.79 Å². The highest BCUT2D eigenvalue weighted by Crippen LogP contribution is 2.20. The third-order valence-corrected chi connectivity index (χ3v) is 2.58.